The summed E-state index contributed by atoms with van der Waals surface area (Å²) in [5.74, 6) is 0. The van der Waals surface area contributed by atoms with Crippen molar-refractivity contribution in [3.05, 3.63) is 27.7 Å². The van der Waals surface area contributed by atoms with Crippen molar-refractivity contribution in [3.63, 3.8) is 0 Å². The molecule has 1 rings (SSSR count). The summed E-state index contributed by atoms with van der Waals surface area (Å²) < 4.78 is 1.06. The number of hydrogen-bond acceptors (Lipinski definition) is 1. The predicted molar refractivity (Wildman–Crippen MR) is 94.8 cm³/mol. The molecule has 0 aromatic heterocycles. The van der Waals surface area contributed by atoms with Crippen molar-refractivity contribution in [2.75, 3.05) is 5.32 Å². The summed E-state index contributed by atoms with van der Waals surface area (Å²) >= 11 is 9.59. The third kappa shape index (κ3) is 6.99. The highest BCUT2D eigenvalue weighted by atomic mass is 79.9. The molecule has 0 aliphatic carbocycles. The van der Waals surface area contributed by atoms with E-state index >= 15 is 0 Å². The zero-order chi connectivity index (χ0) is 14.8. The first-order valence-electron chi connectivity index (χ1n) is 7.89. The van der Waals surface area contributed by atoms with E-state index in [0.29, 0.717) is 6.04 Å². The lowest BCUT2D eigenvalue weighted by Crippen LogP contribution is -2.19. The molecule has 0 fully saturated rings. The Bertz CT molecular complexity index is 371. The minimum Gasteiger partial charge on any atom is -0.381 e. The lowest BCUT2D eigenvalue weighted by molar-refractivity contribution is 0.526. The molecule has 1 aromatic carbocycles. The van der Waals surface area contributed by atoms with Crippen LogP contribution in [0, 0.1) is 0 Å². The van der Waals surface area contributed by atoms with E-state index in [2.05, 4.69) is 41.2 Å². The molecule has 0 atom stereocenters. The predicted octanol–water partition coefficient (Wildman–Crippen LogP) is 7.04. The summed E-state index contributed by atoms with van der Waals surface area (Å²) in [5.41, 5.74) is 1.16. The number of halogens is 2. The monoisotopic (exact) mass is 359 g/mol. The molecule has 0 saturated carbocycles. The zero-order valence-corrected chi connectivity index (χ0v) is 15.1. The molecule has 1 nitrogen and oxygen atoms in total. The molecule has 0 unspecified atom stereocenters. The molecule has 0 spiro atoms. The zero-order valence-electron chi connectivity index (χ0n) is 12.7. The van der Waals surface area contributed by atoms with Gasteiger partial charge in [-0.05, 0) is 47.0 Å². The van der Waals surface area contributed by atoms with Gasteiger partial charge in [0, 0.05) is 21.2 Å². The Morgan fingerprint density at radius 3 is 2.15 bits per heavy atom. The topological polar surface area (TPSA) is 12.0 Å². The normalized spacial score (nSPS) is 11.1. The van der Waals surface area contributed by atoms with Crippen LogP contribution in [0.2, 0.25) is 5.02 Å². The lowest BCUT2D eigenvalue weighted by atomic mass is 10.0. The SMILES string of the molecule is CCCCCC(CCCCC)Nc1ccc(Cl)cc1Br. The molecular weight excluding hydrogens is 334 g/mol. The molecule has 114 valence electrons. The van der Waals surface area contributed by atoms with Gasteiger partial charge in [0.05, 0.1) is 0 Å². The van der Waals surface area contributed by atoms with Crippen LogP contribution in [0.4, 0.5) is 5.69 Å². The fourth-order valence-corrected chi connectivity index (χ4v) is 3.19. The van der Waals surface area contributed by atoms with Crippen molar-refractivity contribution in [1.29, 1.82) is 0 Å². The average Bonchev–Trinajstić information content (AvgIpc) is 2.42. The van der Waals surface area contributed by atoms with Gasteiger partial charge in [0.2, 0.25) is 0 Å². The first kappa shape index (κ1) is 17.8. The van der Waals surface area contributed by atoms with Gasteiger partial charge in [-0.3, -0.25) is 0 Å². The fourth-order valence-electron chi connectivity index (χ4n) is 2.40. The van der Waals surface area contributed by atoms with Crippen molar-refractivity contribution in [1.82, 2.24) is 0 Å². The summed E-state index contributed by atoms with van der Waals surface area (Å²) in [6.45, 7) is 4.52. The van der Waals surface area contributed by atoms with E-state index in [9.17, 15) is 0 Å². The van der Waals surface area contributed by atoms with Crippen LogP contribution in [0.25, 0.3) is 0 Å². The maximum absolute atomic E-state index is 6.00. The summed E-state index contributed by atoms with van der Waals surface area (Å²) in [4.78, 5) is 0. The highest BCUT2D eigenvalue weighted by Gasteiger charge is 2.10. The second-order valence-electron chi connectivity index (χ2n) is 5.46. The Hall–Kier alpha value is -0.210. The van der Waals surface area contributed by atoms with E-state index < -0.39 is 0 Å². The van der Waals surface area contributed by atoms with Crippen LogP contribution in [-0.4, -0.2) is 6.04 Å². The van der Waals surface area contributed by atoms with Gasteiger partial charge in [-0.25, -0.2) is 0 Å². The molecule has 0 bridgehead atoms. The Kier molecular flexibility index (Phi) is 9.37. The summed E-state index contributed by atoms with van der Waals surface area (Å²) in [6.07, 6.45) is 10.4. The molecule has 0 amide bonds. The van der Waals surface area contributed by atoms with Crippen LogP contribution >= 0.6 is 27.5 Å². The Morgan fingerprint density at radius 2 is 1.65 bits per heavy atom. The van der Waals surface area contributed by atoms with Crippen molar-refractivity contribution in [2.24, 2.45) is 0 Å². The lowest BCUT2D eigenvalue weighted by Gasteiger charge is -2.21. The highest BCUT2D eigenvalue weighted by Crippen LogP contribution is 2.28. The summed E-state index contributed by atoms with van der Waals surface area (Å²) in [5, 5.41) is 4.46. The maximum Gasteiger partial charge on any atom is 0.0487 e. The Balaban J connectivity index is 2.56. The van der Waals surface area contributed by atoms with E-state index in [1.807, 2.05) is 12.1 Å². The molecule has 20 heavy (non-hydrogen) atoms. The van der Waals surface area contributed by atoms with Gasteiger partial charge in [0.15, 0.2) is 0 Å². The van der Waals surface area contributed by atoms with E-state index in [4.69, 9.17) is 11.6 Å². The van der Waals surface area contributed by atoms with E-state index in [0.717, 1.165) is 15.2 Å². The van der Waals surface area contributed by atoms with Crippen LogP contribution < -0.4 is 5.32 Å². The molecule has 1 aromatic rings. The van der Waals surface area contributed by atoms with Gasteiger partial charge in [-0.15, -0.1) is 0 Å². The second-order valence-corrected chi connectivity index (χ2v) is 6.75. The van der Waals surface area contributed by atoms with Crippen LogP contribution in [0.3, 0.4) is 0 Å². The van der Waals surface area contributed by atoms with Gasteiger partial charge in [0.1, 0.15) is 0 Å². The quantitative estimate of drug-likeness (QED) is 0.441. The molecule has 1 N–H and O–H groups in total. The third-order valence-electron chi connectivity index (χ3n) is 3.60. The van der Waals surface area contributed by atoms with Gasteiger partial charge in [-0.1, -0.05) is 64.0 Å². The standard InChI is InChI=1S/C17H27BrClN/c1-3-5-7-9-15(10-8-6-4-2)20-17-12-11-14(19)13-16(17)18/h11-13,15,20H,3-10H2,1-2H3. The molecule has 0 aliphatic rings. The fraction of sp³-hybridized carbons (Fsp3) is 0.647. The Morgan fingerprint density at radius 1 is 1.05 bits per heavy atom. The van der Waals surface area contributed by atoms with Crippen molar-refractivity contribution in [2.45, 2.75) is 71.3 Å². The van der Waals surface area contributed by atoms with Crippen molar-refractivity contribution < 1.29 is 0 Å². The van der Waals surface area contributed by atoms with Crippen LogP contribution in [0.15, 0.2) is 22.7 Å². The number of benzene rings is 1. The number of anilines is 1. The third-order valence-corrected chi connectivity index (χ3v) is 4.49. The van der Waals surface area contributed by atoms with Gasteiger partial charge < -0.3 is 5.32 Å². The summed E-state index contributed by atoms with van der Waals surface area (Å²) in [7, 11) is 0. The summed E-state index contributed by atoms with van der Waals surface area (Å²) in [6, 6.07) is 6.55. The van der Waals surface area contributed by atoms with E-state index in [1.165, 1.54) is 51.4 Å². The molecular formula is C17H27BrClN. The number of rotatable bonds is 10. The van der Waals surface area contributed by atoms with Gasteiger partial charge in [0.25, 0.3) is 0 Å². The first-order chi connectivity index (χ1) is 9.67. The smallest absolute Gasteiger partial charge is 0.0487 e. The minimum absolute atomic E-state index is 0.575. The number of unbranched alkanes of at least 4 members (excludes halogenated alkanes) is 4. The van der Waals surface area contributed by atoms with Gasteiger partial charge >= 0.3 is 0 Å². The first-order valence-corrected chi connectivity index (χ1v) is 9.06. The van der Waals surface area contributed by atoms with Crippen LogP contribution in [0.5, 0.6) is 0 Å². The Labute approximate surface area is 137 Å². The average molecular weight is 361 g/mol. The molecule has 0 heterocycles. The number of hydrogen-bond donors (Lipinski definition) is 1. The van der Waals surface area contributed by atoms with Crippen LogP contribution in [0.1, 0.15) is 65.2 Å². The highest BCUT2D eigenvalue weighted by molar-refractivity contribution is 9.10. The van der Waals surface area contributed by atoms with Gasteiger partial charge in [-0.2, -0.15) is 0 Å². The molecule has 0 saturated heterocycles. The van der Waals surface area contributed by atoms with E-state index in [1.54, 1.807) is 0 Å². The van der Waals surface area contributed by atoms with E-state index in [-0.39, 0.29) is 0 Å². The van der Waals surface area contributed by atoms with Crippen molar-refractivity contribution in [3.8, 4) is 0 Å². The maximum atomic E-state index is 6.00. The van der Waals surface area contributed by atoms with Crippen molar-refractivity contribution >= 4 is 33.2 Å². The molecule has 0 aliphatic heterocycles. The second kappa shape index (κ2) is 10.5. The molecule has 0 radical (unpaired) electrons. The molecule has 3 heteroatoms. The minimum atomic E-state index is 0.575. The van der Waals surface area contributed by atoms with Crippen LogP contribution in [-0.2, 0) is 0 Å². The largest absolute Gasteiger partial charge is 0.381 e. The number of nitrogens with one attached hydrogen (secondary N) is 1.